The molecule has 1 N–H and O–H groups in total. The van der Waals surface area contributed by atoms with Crippen LogP contribution in [-0.4, -0.2) is 12.1 Å². The SMILES string of the molecule is CC(CCc1ccccc1)NC1CCC12CCCCC2. The fourth-order valence-corrected chi connectivity index (χ4v) is 4.27. The van der Waals surface area contributed by atoms with E-state index in [2.05, 4.69) is 42.6 Å². The first-order valence-corrected chi connectivity index (χ1v) is 8.58. The third-order valence-corrected chi connectivity index (χ3v) is 5.71. The Morgan fingerprint density at radius 3 is 2.50 bits per heavy atom. The molecule has 0 aromatic heterocycles. The first-order valence-electron chi connectivity index (χ1n) is 8.58. The molecule has 1 aromatic rings. The summed E-state index contributed by atoms with van der Waals surface area (Å²) in [5, 5.41) is 3.95. The summed E-state index contributed by atoms with van der Waals surface area (Å²) in [4.78, 5) is 0. The minimum atomic E-state index is 0.652. The largest absolute Gasteiger partial charge is 0.311 e. The first-order chi connectivity index (χ1) is 9.78. The zero-order valence-corrected chi connectivity index (χ0v) is 12.9. The molecule has 2 unspecified atom stereocenters. The highest BCUT2D eigenvalue weighted by Crippen LogP contribution is 2.51. The van der Waals surface area contributed by atoms with Crippen molar-refractivity contribution in [2.45, 2.75) is 76.8 Å². The maximum Gasteiger partial charge on any atom is 0.0126 e. The third kappa shape index (κ3) is 3.09. The van der Waals surface area contributed by atoms with Gasteiger partial charge in [0.15, 0.2) is 0 Å². The van der Waals surface area contributed by atoms with Gasteiger partial charge < -0.3 is 5.32 Å². The van der Waals surface area contributed by atoms with Crippen LogP contribution < -0.4 is 5.32 Å². The summed E-state index contributed by atoms with van der Waals surface area (Å²) >= 11 is 0. The molecule has 0 heterocycles. The van der Waals surface area contributed by atoms with Crippen molar-refractivity contribution in [1.82, 2.24) is 5.32 Å². The van der Waals surface area contributed by atoms with E-state index in [9.17, 15) is 0 Å². The fourth-order valence-electron chi connectivity index (χ4n) is 4.27. The van der Waals surface area contributed by atoms with Crippen molar-refractivity contribution in [2.75, 3.05) is 0 Å². The summed E-state index contributed by atoms with van der Waals surface area (Å²) < 4.78 is 0. The molecule has 0 bridgehead atoms. The van der Waals surface area contributed by atoms with Crippen molar-refractivity contribution in [1.29, 1.82) is 0 Å². The number of nitrogens with one attached hydrogen (secondary N) is 1. The molecule has 2 saturated carbocycles. The van der Waals surface area contributed by atoms with Crippen molar-refractivity contribution in [3.63, 3.8) is 0 Å². The molecule has 1 nitrogen and oxygen atoms in total. The Kier molecular flexibility index (Phi) is 4.45. The topological polar surface area (TPSA) is 12.0 Å². The Morgan fingerprint density at radius 2 is 1.85 bits per heavy atom. The Balaban J connectivity index is 1.46. The van der Waals surface area contributed by atoms with E-state index in [0.29, 0.717) is 11.5 Å². The van der Waals surface area contributed by atoms with E-state index in [1.165, 1.54) is 63.4 Å². The van der Waals surface area contributed by atoms with E-state index in [1.54, 1.807) is 0 Å². The predicted octanol–water partition coefficient (Wildman–Crippen LogP) is 4.71. The van der Waals surface area contributed by atoms with Crippen LogP contribution >= 0.6 is 0 Å². The highest BCUT2D eigenvalue weighted by Gasteiger charge is 2.46. The van der Waals surface area contributed by atoms with Crippen LogP contribution in [0.25, 0.3) is 0 Å². The minimum absolute atomic E-state index is 0.652. The summed E-state index contributed by atoms with van der Waals surface area (Å²) in [6.07, 6.45) is 12.7. The number of hydrogen-bond donors (Lipinski definition) is 1. The smallest absolute Gasteiger partial charge is 0.0126 e. The number of hydrogen-bond acceptors (Lipinski definition) is 1. The molecule has 0 saturated heterocycles. The first kappa shape index (κ1) is 14.1. The van der Waals surface area contributed by atoms with E-state index in [1.807, 2.05) is 0 Å². The van der Waals surface area contributed by atoms with Crippen LogP contribution in [0, 0.1) is 5.41 Å². The van der Waals surface area contributed by atoms with E-state index < -0.39 is 0 Å². The van der Waals surface area contributed by atoms with Gasteiger partial charge in [-0.3, -0.25) is 0 Å². The van der Waals surface area contributed by atoms with Gasteiger partial charge in [0.1, 0.15) is 0 Å². The van der Waals surface area contributed by atoms with Crippen LogP contribution in [0.4, 0.5) is 0 Å². The van der Waals surface area contributed by atoms with E-state index in [-0.39, 0.29) is 0 Å². The molecule has 2 aliphatic carbocycles. The van der Waals surface area contributed by atoms with E-state index >= 15 is 0 Å². The number of benzene rings is 1. The van der Waals surface area contributed by atoms with Crippen LogP contribution in [0.3, 0.4) is 0 Å². The highest BCUT2D eigenvalue weighted by atomic mass is 15.0. The molecule has 2 atom stereocenters. The second-order valence-corrected chi connectivity index (χ2v) is 7.11. The normalized spacial score (nSPS) is 26.1. The van der Waals surface area contributed by atoms with Gasteiger partial charge in [-0.15, -0.1) is 0 Å². The Bertz CT molecular complexity index is 405. The fraction of sp³-hybridized carbons (Fsp3) is 0.684. The molecular weight excluding hydrogens is 242 g/mol. The molecule has 2 fully saturated rings. The lowest BCUT2D eigenvalue weighted by Gasteiger charge is -2.53. The van der Waals surface area contributed by atoms with Gasteiger partial charge in [0.25, 0.3) is 0 Å². The number of rotatable bonds is 5. The van der Waals surface area contributed by atoms with Crippen molar-refractivity contribution >= 4 is 0 Å². The van der Waals surface area contributed by atoms with Gasteiger partial charge in [0.05, 0.1) is 0 Å². The second kappa shape index (κ2) is 6.30. The van der Waals surface area contributed by atoms with E-state index in [0.717, 1.165) is 6.04 Å². The summed E-state index contributed by atoms with van der Waals surface area (Å²) in [7, 11) is 0. The molecule has 0 aliphatic heterocycles. The van der Waals surface area contributed by atoms with Crippen LogP contribution in [0.5, 0.6) is 0 Å². The van der Waals surface area contributed by atoms with Crippen molar-refractivity contribution in [3.05, 3.63) is 35.9 Å². The minimum Gasteiger partial charge on any atom is -0.311 e. The van der Waals surface area contributed by atoms with Crippen LogP contribution in [-0.2, 0) is 6.42 Å². The molecular formula is C19H29N. The maximum absolute atomic E-state index is 3.95. The molecule has 110 valence electrons. The Hall–Kier alpha value is -0.820. The average Bonchev–Trinajstić information content (AvgIpc) is 2.51. The van der Waals surface area contributed by atoms with Crippen LogP contribution in [0.15, 0.2) is 30.3 Å². The molecule has 2 aliphatic rings. The lowest BCUT2D eigenvalue weighted by Crippen LogP contribution is -2.56. The standard InChI is InChI=1S/C19H29N/c1-16(10-11-17-8-4-2-5-9-17)20-18-12-15-19(18)13-6-3-7-14-19/h2,4-5,8-9,16,18,20H,3,6-7,10-15H2,1H3. The maximum atomic E-state index is 3.95. The zero-order chi connectivity index (χ0) is 13.8. The van der Waals surface area contributed by atoms with Gasteiger partial charge in [-0.2, -0.15) is 0 Å². The molecule has 1 spiro atoms. The molecule has 0 amide bonds. The van der Waals surface area contributed by atoms with E-state index in [4.69, 9.17) is 0 Å². The molecule has 3 rings (SSSR count). The third-order valence-electron chi connectivity index (χ3n) is 5.71. The van der Waals surface area contributed by atoms with Gasteiger partial charge in [0, 0.05) is 12.1 Å². The summed E-state index contributed by atoms with van der Waals surface area (Å²) in [5.74, 6) is 0. The van der Waals surface area contributed by atoms with Crippen LogP contribution in [0.2, 0.25) is 0 Å². The molecule has 0 radical (unpaired) electrons. The highest BCUT2D eigenvalue weighted by molar-refractivity contribution is 5.14. The lowest BCUT2D eigenvalue weighted by molar-refractivity contribution is 0.0171. The lowest BCUT2D eigenvalue weighted by atomic mass is 9.57. The summed E-state index contributed by atoms with van der Waals surface area (Å²) in [5.41, 5.74) is 2.17. The van der Waals surface area contributed by atoms with Gasteiger partial charge >= 0.3 is 0 Å². The predicted molar refractivity (Wildman–Crippen MR) is 85.9 cm³/mol. The quantitative estimate of drug-likeness (QED) is 0.817. The average molecular weight is 271 g/mol. The van der Waals surface area contributed by atoms with Crippen molar-refractivity contribution in [2.24, 2.45) is 5.41 Å². The molecule has 20 heavy (non-hydrogen) atoms. The molecule has 1 aromatic carbocycles. The monoisotopic (exact) mass is 271 g/mol. The second-order valence-electron chi connectivity index (χ2n) is 7.11. The summed E-state index contributed by atoms with van der Waals surface area (Å²) in [6, 6.07) is 12.4. The van der Waals surface area contributed by atoms with Crippen LogP contribution in [0.1, 0.15) is 63.9 Å². The molecule has 1 heteroatoms. The Labute approximate surface area is 124 Å². The Morgan fingerprint density at radius 1 is 1.10 bits per heavy atom. The summed E-state index contributed by atoms with van der Waals surface area (Å²) in [6.45, 7) is 2.37. The van der Waals surface area contributed by atoms with Gasteiger partial charge in [-0.05, 0) is 56.4 Å². The van der Waals surface area contributed by atoms with Gasteiger partial charge in [-0.25, -0.2) is 0 Å². The zero-order valence-electron chi connectivity index (χ0n) is 12.9. The van der Waals surface area contributed by atoms with Crippen molar-refractivity contribution < 1.29 is 0 Å². The van der Waals surface area contributed by atoms with Gasteiger partial charge in [0.2, 0.25) is 0 Å². The van der Waals surface area contributed by atoms with Gasteiger partial charge in [-0.1, -0.05) is 49.6 Å². The van der Waals surface area contributed by atoms with Crippen molar-refractivity contribution in [3.8, 4) is 0 Å². The number of aryl methyl sites for hydroxylation is 1.